The van der Waals surface area contributed by atoms with Crippen molar-refractivity contribution in [3.05, 3.63) is 129 Å². The molecule has 4 aliphatic carbocycles. The van der Waals surface area contributed by atoms with Crippen LogP contribution in [-0.2, 0) is 23.3 Å². The van der Waals surface area contributed by atoms with E-state index in [1.54, 1.807) is 20.4 Å². The standard InChI is InChI=1S/C40H62BNO5Si.C33H38N2O3S/c1-28-25-32(21-24-36(28)44-9)30-17-15-29(16-18-30)27-42(34-14-12-13-33(26-34)41-46-39(5,6)40(7,8)47-41)37(43)31-19-22-35(23-20-31)45-48(10,11)38(2,3)4;1-23-20-28(13-16-31(23)38-2)26-9-6-25(7-10-26)22-35(33(37)27-11-14-30(36)15-12-27)29-5-3-4-24(21-29)8-17-32-34-18-19-39-32/h12-14,21,24-26,29-31,35H,15-20,22-23,27H2,1-11H3;3-5,13,16,18-21,25-27,30,36H,6-7,9-12,14-15,22H2,1-2H3. The molecular formula is C73H100BN3O8SSi. The Morgan fingerprint density at radius 2 is 1.14 bits per heavy atom. The SMILES string of the molecule is COc1ccc(C2CCC(CN(C(=O)C3CCC(O)CC3)c3cccc(C#Cc4nccs4)c3)CC2)cc1C.COc1ccc(C2CCC(CN(C(=O)C3CCC(O[Si](C)(C)C(C)(C)C)CC3)c3cccc(B4OC(C)(C)C(C)(C)O4)c3)CC2)cc1C. The van der Waals surface area contributed by atoms with Crippen molar-refractivity contribution >= 4 is 55.4 Å². The number of aliphatic hydroxyl groups excluding tert-OH is 1. The third-order valence-electron chi connectivity index (χ3n) is 20.8. The zero-order chi connectivity index (χ0) is 62.3. The number of methoxy groups -OCH3 is 2. The summed E-state index contributed by atoms with van der Waals surface area (Å²) in [4.78, 5) is 36.9. The van der Waals surface area contributed by atoms with E-state index < -0.39 is 26.6 Å². The van der Waals surface area contributed by atoms with Gasteiger partial charge in [-0.05, 0) is 262 Å². The van der Waals surface area contributed by atoms with Crippen LogP contribution in [0.3, 0.4) is 0 Å². The summed E-state index contributed by atoms with van der Waals surface area (Å²) in [6.45, 7) is 25.6. The van der Waals surface area contributed by atoms with E-state index >= 15 is 0 Å². The fraction of sp³-hybridized carbons (Fsp3) is 0.575. The highest BCUT2D eigenvalue weighted by Crippen LogP contribution is 2.44. The topological polar surface area (TPSA) is 120 Å². The van der Waals surface area contributed by atoms with Gasteiger partial charge in [-0.1, -0.05) is 69.2 Å². The number of nitrogens with zero attached hydrogens (tertiary/aromatic N) is 3. The number of anilines is 2. The van der Waals surface area contributed by atoms with Crippen LogP contribution in [0.25, 0.3) is 0 Å². The first-order valence-corrected chi connectivity index (χ1v) is 36.4. The molecule has 468 valence electrons. The molecule has 0 bridgehead atoms. The molecule has 5 fully saturated rings. The van der Waals surface area contributed by atoms with Gasteiger partial charge in [-0.3, -0.25) is 9.59 Å². The molecule has 10 rings (SSSR count). The molecule has 2 heterocycles. The maximum absolute atomic E-state index is 14.6. The van der Waals surface area contributed by atoms with E-state index in [1.165, 1.54) is 33.6 Å². The fourth-order valence-corrected chi connectivity index (χ4v) is 15.5. The number of hydrogen-bond donors (Lipinski definition) is 1. The average Bonchev–Trinajstić information content (AvgIpc) is 1.99. The number of hydrogen-bond acceptors (Lipinski definition) is 10. The molecule has 1 saturated heterocycles. The van der Waals surface area contributed by atoms with Gasteiger partial charge >= 0.3 is 7.12 Å². The second-order valence-electron chi connectivity index (χ2n) is 28.5. The highest BCUT2D eigenvalue weighted by Gasteiger charge is 2.52. The minimum atomic E-state index is -1.85. The minimum Gasteiger partial charge on any atom is -0.496 e. The molecule has 0 spiro atoms. The molecule has 1 aliphatic heterocycles. The third kappa shape index (κ3) is 16.6. The monoisotopic (exact) mass is 1220 g/mol. The lowest BCUT2D eigenvalue weighted by molar-refractivity contribution is -0.124. The highest BCUT2D eigenvalue weighted by atomic mass is 32.1. The zero-order valence-corrected chi connectivity index (χ0v) is 56.5. The van der Waals surface area contributed by atoms with Crippen LogP contribution < -0.4 is 24.7 Å². The first kappa shape index (κ1) is 66.2. The molecule has 11 nitrogen and oxygen atoms in total. The Bertz CT molecular complexity index is 3140. The summed E-state index contributed by atoms with van der Waals surface area (Å²) < 4.78 is 30.6. The van der Waals surface area contributed by atoms with Gasteiger partial charge in [0.05, 0.1) is 31.5 Å². The number of thiazole rings is 1. The number of carbonyl (C=O) groups excluding carboxylic acids is 2. The molecular weight excluding hydrogens is 1120 g/mol. The molecule has 0 radical (unpaired) electrons. The number of carbonyl (C=O) groups is 2. The van der Waals surface area contributed by atoms with Crippen LogP contribution in [0.1, 0.15) is 196 Å². The van der Waals surface area contributed by atoms with Crippen molar-refractivity contribution in [2.75, 3.05) is 37.1 Å². The predicted octanol–water partition coefficient (Wildman–Crippen LogP) is 15.9. The van der Waals surface area contributed by atoms with Gasteiger partial charge in [0.1, 0.15) is 11.5 Å². The van der Waals surface area contributed by atoms with Crippen molar-refractivity contribution in [2.24, 2.45) is 23.7 Å². The smallest absolute Gasteiger partial charge is 0.494 e. The van der Waals surface area contributed by atoms with E-state index in [-0.39, 0.29) is 40.9 Å². The molecule has 5 aliphatic rings. The number of ether oxygens (including phenoxy) is 2. The average molecular weight is 1220 g/mol. The normalized spacial score (nSPS) is 24.6. The van der Waals surface area contributed by atoms with Gasteiger partial charge in [-0.15, -0.1) is 11.3 Å². The number of rotatable bonds is 15. The van der Waals surface area contributed by atoms with Gasteiger partial charge < -0.3 is 38.1 Å². The Balaban J connectivity index is 0.000000212. The summed E-state index contributed by atoms with van der Waals surface area (Å²) in [7, 11) is 1.15. The summed E-state index contributed by atoms with van der Waals surface area (Å²) in [5, 5.41) is 12.9. The molecule has 0 atom stereocenters. The van der Waals surface area contributed by atoms with Crippen molar-refractivity contribution in [2.45, 2.75) is 218 Å². The number of aliphatic hydroxyl groups is 1. The van der Waals surface area contributed by atoms with E-state index in [1.807, 2.05) is 34.5 Å². The molecule has 4 saturated carbocycles. The van der Waals surface area contributed by atoms with Gasteiger partial charge in [0.25, 0.3) is 0 Å². The minimum absolute atomic E-state index is 0.0170. The van der Waals surface area contributed by atoms with E-state index in [2.05, 4.69) is 158 Å². The summed E-state index contributed by atoms with van der Waals surface area (Å²) in [6, 6.07) is 29.6. The molecule has 1 aromatic heterocycles. The first-order chi connectivity index (χ1) is 41.4. The van der Waals surface area contributed by atoms with Crippen LogP contribution in [0.5, 0.6) is 11.5 Å². The molecule has 1 N–H and O–H groups in total. The number of aryl methyl sites for hydroxylation is 2. The molecule has 2 amide bonds. The summed E-state index contributed by atoms with van der Waals surface area (Å²) in [5.41, 5.74) is 8.07. The Morgan fingerprint density at radius 1 is 0.655 bits per heavy atom. The van der Waals surface area contributed by atoms with Crippen LogP contribution in [0, 0.1) is 49.4 Å². The lowest BCUT2D eigenvalue weighted by Crippen LogP contribution is -2.46. The number of benzene rings is 4. The van der Waals surface area contributed by atoms with E-state index in [0.717, 1.165) is 142 Å². The summed E-state index contributed by atoms with van der Waals surface area (Å²) >= 11 is 1.52. The van der Waals surface area contributed by atoms with Crippen molar-refractivity contribution in [1.82, 2.24) is 4.98 Å². The van der Waals surface area contributed by atoms with Gasteiger partial charge in [0, 0.05) is 59.5 Å². The Labute approximate surface area is 527 Å². The first-order valence-electron chi connectivity index (χ1n) is 32.7. The Kier molecular flexibility index (Phi) is 21.8. The quantitative estimate of drug-likeness (QED) is 0.0807. The van der Waals surface area contributed by atoms with Gasteiger partial charge in [-0.2, -0.15) is 0 Å². The van der Waals surface area contributed by atoms with Gasteiger partial charge in [0.15, 0.2) is 13.3 Å². The van der Waals surface area contributed by atoms with Crippen molar-refractivity contribution in [1.29, 1.82) is 0 Å². The van der Waals surface area contributed by atoms with Crippen molar-refractivity contribution in [3.63, 3.8) is 0 Å². The van der Waals surface area contributed by atoms with Crippen LogP contribution in [0.15, 0.2) is 96.5 Å². The Morgan fingerprint density at radius 3 is 1.60 bits per heavy atom. The molecule has 0 unspecified atom stereocenters. The molecule has 14 heteroatoms. The molecule has 5 aromatic rings. The summed E-state index contributed by atoms with van der Waals surface area (Å²) in [6.07, 6.45) is 17.3. The van der Waals surface area contributed by atoms with E-state index in [4.69, 9.17) is 23.2 Å². The van der Waals surface area contributed by atoms with Crippen molar-refractivity contribution < 1.29 is 37.9 Å². The second kappa shape index (κ2) is 28.7. The maximum Gasteiger partial charge on any atom is 0.494 e. The summed E-state index contributed by atoms with van der Waals surface area (Å²) in [5.74, 6) is 10.7. The lowest BCUT2D eigenvalue weighted by atomic mass is 9.77. The maximum atomic E-state index is 14.6. The van der Waals surface area contributed by atoms with Gasteiger partial charge in [0.2, 0.25) is 11.8 Å². The van der Waals surface area contributed by atoms with Gasteiger partial charge in [-0.25, -0.2) is 4.98 Å². The molecule has 4 aromatic carbocycles. The highest BCUT2D eigenvalue weighted by molar-refractivity contribution is 7.10. The van der Waals surface area contributed by atoms with E-state index in [0.29, 0.717) is 36.5 Å². The van der Waals surface area contributed by atoms with Crippen molar-refractivity contribution in [3.8, 4) is 23.3 Å². The predicted molar refractivity (Wildman–Crippen MR) is 358 cm³/mol. The Hall–Kier alpha value is -5.27. The number of amides is 2. The third-order valence-corrected chi connectivity index (χ3v) is 26.1. The zero-order valence-electron chi connectivity index (χ0n) is 54.7. The van der Waals surface area contributed by atoms with Crippen LogP contribution in [0.2, 0.25) is 18.1 Å². The fourth-order valence-electron chi connectivity index (χ4n) is 13.6. The second-order valence-corrected chi connectivity index (χ2v) is 34.1. The van der Waals surface area contributed by atoms with E-state index in [9.17, 15) is 14.7 Å². The van der Waals surface area contributed by atoms with Crippen LogP contribution in [0.4, 0.5) is 11.4 Å². The van der Waals surface area contributed by atoms with Crippen LogP contribution >= 0.6 is 11.3 Å². The number of aromatic nitrogens is 1. The largest absolute Gasteiger partial charge is 0.496 e. The molecule has 87 heavy (non-hydrogen) atoms. The lowest BCUT2D eigenvalue weighted by Gasteiger charge is -2.41. The van der Waals surface area contributed by atoms with Crippen LogP contribution in [-0.4, -0.2) is 88.1 Å².